The highest BCUT2D eigenvalue weighted by Gasteiger charge is 2.69. The number of carbonyl (C=O) groups is 1. The maximum Gasteiger partial charge on any atom is 0.261 e. The Morgan fingerprint density at radius 2 is 2.06 bits per heavy atom. The fraction of sp³-hybridized carbons (Fsp3) is 0.556. The number of aliphatic hydroxyl groups is 1. The van der Waals surface area contributed by atoms with Crippen molar-refractivity contribution in [3.05, 3.63) is 62.6 Å². The normalized spacial score (nSPS) is 29.8. The molecule has 1 aliphatic heterocycles. The van der Waals surface area contributed by atoms with Crippen LogP contribution in [0.1, 0.15) is 59.4 Å². The summed E-state index contributed by atoms with van der Waals surface area (Å²) in [6, 6.07) is 7.03. The first-order valence-electron chi connectivity index (χ1n) is 12.3. The zero-order valence-electron chi connectivity index (χ0n) is 20.4. The second-order valence-corrected chi connectivity index (χ2v) is 11.2. The summed E-state index contributed by atoms with van der Waals surface area (Å²) < 4.78 is 0. The fourth-order valence-electron chi connectivity index (χ4n) is 6.96. The van der Waals surface area contributed by atoms with E-state index in [1.165, 1.54) is 0 Å². The molecule has 4 atom stereocenters. The second kappa shape index (κ2) is 7.95. The number of aromatic amines is 1. The number of nitrogens with zero attached hydrogens (tertiary/aromatic N) is 1. The number of likely N-dealkylation sites (N-methyl/N-ethyl adjacent to an activating group) is 1. The monoisotopic (exact) mass is 465 g/mol. The van der Waals surface area contributed by atoms with Crippen molar-refractivity contribution in [1.29, 1.82) is 0 Å². The van der Waals surface area contributed by atoms with Crippen LogP contribution in [0.2, 0.25) is 0 Å². The van der Waals surface area contributed by atoms with Gasteiger partial charge in [-0.05, 0) is 73.5 Å². The van der Waals surface area contributed by atoms with Crippen molar-refractivity contribution in [2.75, 3.05) is 20.1 Å². The fourth-order valence-corrected chi connectivity index (χ4v) is 6.96. The first-order chi connectivity index (χ1) is 16.1. The molecular formula is C27H35N3O4. The van der Waals surface area contributed by atoms with Crippen LogP contribution in [0.5, 0.6) is 5.75 Å². The van der Waals surface area contributed by atoms with Crippen LogP contribution >= 0.6 is 0 Å². The number of hydrogen-bond donors (Lipinski definition) is 4. The number of phenols is 1. The summed E-state index contributed by atoms with van der Waals surface area (Å²) in [7, 11) is 2.04. The van der Waals surface area contributed by atoms with Gasteiger partial charge >= 0.3 is 0 Å². The summed E-state index contributed by atoms with van der Waals surface area (Å²) >= 11 is 0. The number of aryl methyl sites for hydroxylation is 1. The van der Waals surface area contributed by atoms with E-state index in [0.717, 1.165) is 41.8 Å². The Labute approximate surface area is 200 Å². The van der Waals surface area contributed by atoms with Crippen LogP contribution < -0.4 is 10.9 Å². The number of likely N-dealkylation sites (tertiary alicyclic amines) is 1. The minimum atomic E-state index is -1.07. The first kappa shape index (κ1) is 23.1. The number of rotatable bonds is 5. The predicted molar refractivity (Wildman–Crippen MR) is 130 cm³/mol. The Bertz CT molecular complexity index is 1200. The van der Waals surface area contributed by atoms with Crippen LogP contribution in [0.15, 0.2) is 29.1 Å². The number of benzene rings is 1. The van der Waals surface area contributed by atoms with Crippen LogP contribution in [0, 0.1) is 18.8 Å². The van der Waals surface area contributed by atoms with Crippen molar-refractivity contribution in [2.45, 2.75) is 63.5 Å². The van der Waals surface area contributed by atoms with Gasteiger partial charge in [0.2, 0.25) is 0 Å². The van der Waals surface area contributed by atoms with Gasteiger partial charge in [-0.1, -0.05) is 19.9 Å². The van der Waals surface area contributed by atoms with Gasteiger partial charge in [0, 0.05) is 43.1 Å². The van der Waals surface area contributed by atoms with Gasteiger partial charge in [-0.25, -0.2) is 0 Å². The molecule has 4 N–H and O–H groups in total. The lowest BCUT2D eigenvalue weighted by Crippen LogP contribution is -2.67. The van der Waals surface area contributed by atoms with Crippen LogP contribution in [0.4, 0.5) is 0 Å². The third kappa shape index (κ3) is 3.32. The summed E-state index contributed by atoms with van der Waals surface area (Å²) in [5.74, 6) is 0.608. The smallest absolute Gasteiger partial charge is 0.261 e. The Kier molecular flexibility index (Phi) is 5.41. The van der Waals surface area contributed by atoms with E-state index in [0.29, 0.717) is 31.2 Å². The Hall–Kier alpha value is -2.64. The van der Waals surface area contributed by atoms with E-state index in [2.05, 4.69) is 29.0 Å². The molecule has 1 saturated heterocycles. The molecule has 2 aromatic rings. The molecule has 2 heterocycles. The zero-order chi connectivity index (χ0) is 24.4. The molecule has 3 aliphatic rings. The third-order valence-corrected chi connectivity index (χ3v) is 8.51. The molecule has 7 heteroatoms. The molecule has 0 radical (unpaired) electrons. The van der Waals surface area contributed by atoms with Gasteiger partial charge in [0.15, 0.2) is 0 Å². The standard InChI is InChI=1S/C27H35N3O4/c1-15(2)7-8-28-24(32)20-9-17-12-27(34)23-18(14-30(23)4)11-26(27,13-22(17)29-25(20)33)21-10-19(31)6-5-16(21)3/h5-6,9-10,15,18,23,31,34H,7-8,11-14H2,1-4H3,(H,28,32)(H,29,33)/t18-,23-,26-,27-/m1/s1. The molecule has 7 nitrogen and oxygen atoms in total. The van der Waals surface area contributed by atoms with Gasteiger partial charge in [-0.3, -0.25) is 14.5 Å². The van der Waals surface area contributed by atoms with E-state index in [-0.39, 0.29) is 23.3 Å². The Morgan fingerprint density at radius 1 is 1.29 bits per heavy atom. The quantitative estimate of drug-likeness (QED) is 0.542. The topological polar surface area (TPSA) is 106 Å². The van der Waals surface area contributed by atoms with Crippen molar-refractivity contribution in [3.8, 4) is 5.75 Å². The molecule has 2 fully saturated rings. The summed E-state index contributed by atoms with van der Waals surface area (Å²) in [5.41, 5.74) is 1.58. The number of carbonyl (C=O) groups excluding carboxylic acids is 1. The first-order valence-corrected chi connectivity index (χ1v) is 12.3. The van der Waals surface area contributed by atoms with Crippen molar-refractivity contribution >= 4 is 5.91 Å². The van der Waals surface area contributed by atoms with Crippen molar-refractivity contribution < 1.29 is 15.0 Å². The van der Waals surface area contributed by atoms with Gasteiger partial charge in [0.1, 0.15) is 11.3 Å². The lowest BCUT2D eigenvalue weighted by atomic mass is 9.59. The number of phenolic OH excluding ortho intramolecular Hbond substituents is 1. The average Bonchev–Trinajstić information content (AvgIpc) is 2.95. The minimum absolute atomic E-state index is 0.00218. The second-order valence-electron chi connectivity index (χ2n) is 11.2. The lowest BCUT2D eigenvalue weighted by molar-refractivity contribution is -0.108. The van der Waals surface area contributed by atoms with Crippen molar-refractivity contribution in [2.24, 2.45) is 11.8 Å². The molecule has 1 aromatic carbocycles. The largest absolute Gasteiger partial charge is 0.508 e. The summed E-state index contributed by atoms with van der Waals surface area (Å²) in [6.07, 6.45) is 2.46. The van der Waals surface area contributed by atoms with Crippen LogP contribution in [-0.4, -0.2) is 57.8 Å². The van der Waals surface area contributed by atoms with Crippen molar-refractivity contribution in [3.63, 3.8) is 0 Å². The molecule has 1 aromatic heterocycles. The lowest BCUT2D eigenvalue weighted by Gasteiger charge is -2.53. The Morgan fingerprint density at radius 3 is 2.76 bits per heavy atom. The SMILES string of the molecule is Cc1ccc(O)cc1[C@@]12Cc3[nH]c(=O)c(C(=O)NCCC(C)C)cc3C[C@@]1(O)[C@H]1[C@@H](CN1C)C2. The van der Waals surface area contributed by atoms with Gasteiger partial charge in [0.05, 0.1) is 5.60 Å². The van der Waals surface area contributed by atoms with E-state index in [9.17, 15) is 19.8 Å². The molecule has 2 aliphatic carbocycles. The van der Waals surface area contributed by atoms with E-state index in [1.807, 2.05) is 20.0 Å². The van der Waals surface area contributed by atoms with E-state index in [4.69, 9.17) is 0 Å². The molecule has 5 rings (SSSR count). The maximum atomic E-state index is 12.9. The van der Waals surface area contributed by atoms with Gasteiger partial charge < -0.3 is 20.5 Å². The van der Waals surface area contributed by atoms with Crippen LogP contribution in [-0.2, 0) is 18.3 Å². The van der Waals surface area contributed by atoms with Crippen molar-refractivity contribution in [1.82, 2.24) is 15.2 Å². The summed E-state index contributed by atoms with van der Waals surface area (Å²) in [5, 5.41) is 25.6. The molecule has 0 spiro atoms. The van der Waals surface area contributed by atoms with Crippen LogP contribution in [0.3, 0.4) is 0 Å². The highest BCUT2D eigenvalue weighted by atomic mass is 16.3. The number of aromatic nitrogens is 1. The highest BCUT2D eigenvalue weighted by Crippen LogP contribution is 2.61. The van der Waals surface area contributed by atoms with E-state index < -0.39 is 16.6 Å². The van der Waals surface area contributed by atoms with E-state index >= 15 is 0 Å². The number of aromatic hydroxyl groups is 1. The van der Waals surface area contributed by atoms with Gasteiger partial charge in [0.25, 0.3) is 11.5 Å². The number of fused-ring (bicyclic) bond motifs is 4. The molecule has 34 heavy (non-hydrogen) atoms. The maximum absolute atomic E-state index is 12.9. The molecular weight excluding hydrogens is 430 g/mol. The molecule has 182 valence electrons. The number of nitrogens with one attached hydrogen (secondary N) is 2. The minimum Gasteiger partial charge on any atom is -0.508 e. The highest BCUT2D eigenvalue weighted by molar-refractivity contribution is 5.94. The summed E-state index contributed by atoms with van der Waals surface area (Å²) in [6.45, 7) is 7.63. The summed E-state index contributed by atoms with van der Waals surface area (Å²) in [4.78, 5) is 30.9. The number of hydrogen-bond acceptors (Lipinski definition) is 5. The van der Waals surface area contributed by atoms with Gasteiger partial charge in [-0.15, -0.1) is 0 Å². The molecule has 0 bridgehead atoms. The Balaban J connectivity index is 1.58. The average molecular weight is 466 g/mol. The molecule has 0 unspecified atom stereocenters. The molecule has 1 amide bonds. The van der Waals surface area contributed by atoms with Gasteiger partial charge in [-0.2, -0.15) is 0 Å². The predicted octanol–water partition coefficient (Wildman–Crippen LogP) is 2.27. The number of H-pyrrole nitrogens is 1. The van der Waals surface area contributed by atoms with E-state index in [1.54, 1.807) is 18.2 Å². The number of amides is 1. The third-order valence-electron chi connectivity index (χ3n) is 8.51. The number of pyridine rings is 1. The van der Waals surface area contributed by atoms with Crippen LogP contribution in [0.25, 0.3) is 0 Å². The zero-order valence-corrected chi connectivity index (χ0v) is 20.4. The molecule has 1 saturated carbocycles.